The first-order valence-electron chi connectivity index (χ1n) is 9.66. The van der Waals surface area contributed by atoms with Crippen LogP contribution >= 0.6 is 0 Å². The van der Waals surface area contributed by atoms with Crippen molar-refractivity contribution in [2.45, 2.75) is 13.0 Å². The van der Waals surface area contributed by atoms with Crippen LogP contribution in [0.4, 0.5) is 11.4 Å². The molecule has 0 amide bonds. The molecular formula is C22H29N3O3. The molecule has 1 fully saturated rings. The highest BCUT2D eigenvalue weighted by Crippen LogP contribution is 2.24. The van der Waals surface area contributed by atoms with Crippen LogP contribution in [0.2, 0.25) is 0 Å². The predicted octanol–water partition coefficient (Wildman–Crippen LogP) is 3.10. The van der Waals surface area contributed by atoms with Gasteiger partial charge in [0, 0.05) is 50.1 Å². The maximum Gasteiger partial charge on any atom is 0.340 e. The van der Waals surface area contributed by atoms with Crippen molar-refractivity contribution in [2.75, 3.05) is 57.2 Å². The van der Waals surface area contributed by atoms with Crippen LogP contribution in [-0.4, -0.2) is 63.9 Å². The summed E-state index contributed by atoms with van der Waals surface area (Å²) in [5, 5.41) is 3.46. The Hall–Kier alpha value is -2.73. The van der Waals surface area contributed by atoms with E-state index in [-0.39, 0.29) is 12.0 Å². The Kier molecular flexibility index (Phi) is 6.76. The van der Waals surface area contributed by atoms with Gasteiger partial charge in [-0.2, -0.15) is 0 Å². The minimum Gasteiger partial charge on any atom is -0.497 e. The van der Waals surface area contributed by atoms with Gasteiger partial charge in [0.25, 0.3) is 0 Å². The van der Waals surface area contributed by atoms with E-state index in [2.05, 4.69) is 52.4 Å². The van der Waals surface area contributed by atoms with Crippen LogP contribution in [0.15, 0.2) is 48.5 Å². The van der Waals surface area contributed by atoms with E-state index in [0.717, 1.165) is 38.4 Å². The molecule has 1 aliphatic heterocycles. The van der Waals surface area contributed by atoms with Gasteiger partial charge in [0.1, 0.15) is 5.75 Å². The van der Waals surface area contributed by atoms with Crippen molar-refractivity contribution in [1.82, 2.24) is 4.90 Å². The number of carbonyl (C=O) groups is 1. The van der Waals surface area contributed by atoms with Crippen molar-refractivity contribution in [3.8, 4) is 5.75 Å². The molecule has 0 radical (unpaired) electrons. The summed E-state index contributed by atoms with van der Waals surface area (Å²) in [6.07, 6.45) is 0. The lowest BCUT2D eigenvalue weighted by molar-refractivity contribution is 0.0601. The van der Waals surface area contributed by atoms with Gasteiger partial charge in [0.2, 0.25) is 0 Å². The summed E-state index contributed by atoms with van der Waals surface area (Å²) >= 11 is 0. The summed E-state index contributed by atoms with van der Waals surface area (Å²) in [5.41, 5.74) is 2.54. The van der Waals surface area contributed by atoms with E-state index in [0.29, 0.717) is 11.3 Å². The largest absolute Gasteiger partial charge is 0.497 e. The molecule has 0 aromatic heterocycles. The van der Waals surface area contributed by atoms with Gasteiger partial charge in [-0.1, -0.05) is 18.2 Å². The second-order valence-electron chi connectivity index (χ2n) is 7.07. The Labute approximate surface area is 167 Å². The maximum absolute atomic E-state index is 12.1. The minimum atomic E-state index is -0.370. The maximum atomic E-state index is 12.1. The number of benzene rings is 2. The molecule has 3 rings (SSSR count). The zero-order chi connectivity index (χ0) is 19.9. The number of carbonyl (C=O) groups excluding carboxylic acids is 1. The molecule has 28 heavy (non-hydrogen) atoms. The third-order valence-corrected chi connectivity index (χ3v) is 5.06. The van der Waals surface area contributed by atoms with Crippen LogP contribution < -0.4 is 15.0 Å². The molecule has 0 spiro atoms. The Morgan fingerprint density at radius 1 is 1.07 bits per heavy atom. The van der Waals surface area contributed by atoms with Gasteiger partial charge < -0.3 is 19.7 Å². The van der Waals surface area contributed by atoms with Crippen LogP contribution in [0.5, 0.6) is 5.75 Å². The first-order valence-corrected chi connectivity index (χ1v) is 9.66. The Balaban J connectivity index is 1.56. The van der Waals surface area contributed by atoms with Gasteiger partial charge in [-0.25, -0.2) is 4.79 Å². The molecule has 1 saturated heterocycles. The minimum absolute atomic E-state index is 0.195. The number of nitrogens with zero attached hydrogens (tertiary/aromatic N) is 2. The lowest BCUT2D eigenvalue weighted by Crippen LogP contribution is -2.49. The number of methoxy groups -OCH3 is 2. The number of nitrogens with one attached hydrogen (secondary N) is 1. The van der Waals surface area contributed by atoms with Crippen LogP contribution in [0.3, 0.4) is 0 Å². The average Bonchev–Trinajstić information content (AvgIpc) is 2.74. The molecule has 2 aromatic carbocycles. The number of piperazine rings is 1. The number of esters is 1. The fourth-order valence-electron chi connectivity index (χ4n) is 3.58. The van der Waals surface area contributed by atoms with Crippen molar-refractivity contribution in [3.05, 3.63) is 54.1 Å². The standard InChI is InChI=1S/C22H29N3O3/c1-17(23-21-10-9-19(27-2)15-20(21)22(26)28-3)16-24-11-13-25(14-12-24)18-7-5-4-6-8-18/h4-10,15,17,23H,11-14,16H2,1-3H3. The Morgan fingerprint density at radius 3 is 2.43 bits per heavy atom. The molecule has 1 heterocycles. The van der Waals surface area contributed by atoms with Gasteiger partial charge in [-0.3, -0.25) is 4.90 Å². The molecule has 2 aromatic rings. The molecule has 0 saturated carbocycles. The van der Waals surface area contributed by atoms with E-state index in [9.17, 15) is 4.79 Å². The first-order chi connectivity index (χ1) is 13.6. The third-order valence-electron chi connectivity index (χ3n) is 5.06. The summed E-state index contributed by atoms with van der Waals surface area (Å²) in [6, 6.07) is 16.2. The van der Waals surface area contributed by atoms with E-state index < -0.39 is 0 Å². The second-order valence-corrected chi connectivity index (χ2v) is 7.07. The predicted molar refractivity (Wildman–Crippen MR) is 113 cm³/mol. The van der Waals surface area contributed by atoms with Crippen LogP contribution in [0.1, 0.15) is 17.3 Å². The molecule has 1 N–H and O–H groups in total. The molecular weight excluding hydrogens is 354 g/mol. The molecule has 150 valence electrons. The van der Waals surface area contributed by atoms with Crippen LogP contribution in [0.25, 0.3) is 0 Å². The SMILES string of the molecule is COC(=O)c1cc(OC)ccc1NC(C)CN1CCN(c2ccccc2)CC1. The first kappa shape index (κ1) is 20.0. The zero-order valence-electron chi connectivity index (χ0n) is 16.9. The number of hydrogen-bond donors (Lipinski definition) is 1. The lowest BCUT2D eigenvalue weighted by atomic mass is 10.1. The van der Waals surface area contributed by atoms with E-state index in [4.69, 9.17) is 9.47 Å². The van der Waals surface area contributed by atoms with Crippen molar-refractivity contribution in [2.24, 2.45) is 0 Å². The quantitative estimate of drug-likeness (QED) is 0.742. The van der Waals surface area contributed by atoms with Crippen molar-refractivity contribution in [1.29, 1.82) is 0 Å². The number of hydrogen-bond acceptors (Lipinski definition) is 6. The van der Waals surface area contributed by atoms with Gasteiger partial charge in [-0.15, -0.1) is 0 Å². The lowest BCUT2D eigenvalue weighted by Gasteiger charge is -2.37. The molecule has 1 unspecified atom stereocenters. The van der Waals surface area contributed by atoms with Crippen molar-refractivity contribution < 1.29 is 14.3 Å². The number of ether oxygens (including phenoxy) is 2. The fraction of sp³-hybridized carbons (Fsp3) is 0.409. The average molecular weight is 383 g/mol. The Morgan fingerprint density at radius 2 is 1.79 bits per heavy atom. The van der Waals surface area contributed by atoms with Crippen LogP contribution in [0, 0.1) is 0 Å². The van der Waals surface area contributed by atoms with Gasteiger partial charge in [0.15, 0.2) is 0 Å². The van der Waals surface area contributed by atoms with E-state index in [1.165, 1.54) is 12.8 Å². The van der Waals surface area contributed by atoms with Gasteiger partial charge in [-0.05, 0) is 37.3 Å². The molecule has 0 bridgehead atoms. The third kappa shape index (κ3) is 4.95. The monoisotopic (exact) mass is 383 g/mol. The number of anilines is 2. The van der Waals surface area contributed by atoms with Crippen molar-refractivity contribution in [3.63, 3.8) is 0 Å². The molecule has 6 nitrogen and oxygen atoms in total. The Bertz CT molecular complexity index is 774. The number of para-hydroxylation sites is 1. The van der Waals surface area contributed by atoms with Gasteiger partial charge >= 0.3 is 5.97 Å². The summed E-state index contributed by atoms with van der Waals surface area (Å²) in [5.74, 6) is 0.265. The molecule has 0 aliphatic carbocycles. The summed E-state index contributed by atoms with van der Waals surface area (Å²) in [6.45, 7) is 7.13. The van der Waals surface area contributed by atoms with Crippen LogP contribution in [-0.2, 0) is 4.74 Å². The van der Waals surface area contributed by atoms with Crippen molar-refractivity contribution >= 4 is 17.3 Å². The van der Waals surface area contributed by atoms with Gasteiger partial charge in [0.05, 0.1) is 19.8 Å². The fourth-order valence-corrected chi connectivity index (χ4v) is 3.58. The van der Waals surface area contributed by atoms with E-state index in [1.54, 1.807) is 13.2 Å². The molecule has 1 aliphatic rings. The molecule has 1 atom stereocenters. The topological polar surface area (TPSA) is 54.0 Å². The van der Waals surface area contributed by atoms with E-state index >= 15 is 0 Å². The highest BCUT2D eigenvalue weighted by molar-refractivity contribution is 5.96. The highest BCUT2D eigenvalue weighted by Gasteiger charge is 2.20. The summed E-state index contributed by atoms with van der Waals surface area (Å²) in [7, 11) is 2.97. The zero-order valence-corrected chi connectivity index (χ0v) is 16.9. The smallest absolute Gasteiger partial charge is 0.340 e. The number of rotatable bonds is 7. The highest BCUT2D eigenvalue weighted by atomic mass is 16.5. The normalized spacial score (nSPS) is 15.8. The second kappa shape index (κ2) is 9.46. The van der Waals surface area contributed by atoms with E-state index in [1.807, 2.05) is 12.1 Å². The molecule has 6 heteroatoms. The summed E-state index contributed by atoms with van der Waals surface area (Å²) < 4.78 is 10.1. The summed E-state index contributed by atoms with van der Waals surface area (Å²) in [4.78, 5) is 17.0.